The molecule has 0 atom stereocenters. The summed E-state index contributed by atoms with van der Waals surface area (Å²) in [4.78, 5) is 26.2. The van der Waals surface area contributed by atoms with Gasteiger partial charge in [0, 0.05) is 49.4 Å². The normalized spacial score (nSPS) is 14.6. The molecule has 0 unspecified atom stereocenters. The van der Waals surface area contributed by atoms with Gasteiger partial charge in [-0.25, -0.2) is 14.4 Å². The van der Waals surface area contributed by atoms with Crippen molar-refractivity contribution in [2.24, 2.45) is 0 Å². The first-order valence-electron chi connectivity index (χ1n) is 12.0. The molecule has 2 aromatic carbocycles. The maximum absolute atomic E-state index is 13.8. The lowest BCUT2D eigenvalue weighted by Gasteiger charge is -2.26. The second-order valence-corrected chi connectivity index (χ2v) is 8.89. The molecule has 9 heteroatoms. The quantitative estimate of drug-likeness (QED) is 0.438. The molecule has 0 radical (unpaired) electrons. The first-order chi connectivity index (χ1) is 17.2. The van der Waals surface area contributed by atoms with Crippen LogP contribution in [0.4, 0.5) is 23.4 Å². The summed E-state index contributed by atoms with van der Waals surface area (Å²) < 4.78 is 52.5. The number of amides is 1. The van der Waals surface area contributed by atoms with E-state index in [1.807, 2.05) is 19.9 Å². The van der Waals surface area contributed by atoms with Gasteiger partial charge in [0.1, 0.15) is 17.5 Å². The van der Waals surface area contributed by atoms with Crippen LogP contribution in [0.1, 0.15) is 51.9 Å². The third-order valence-corrected chi connectivity index (χ3v) is 6.33. The van der Waals surface area contributed by atoms with E-state index in [4.69, 9.17) is 4.98 Å². The molecule has 4 rings (SSSR count). The molecule has 5 nitrogen and oxygen atoms in total. The van der Waals surface area contributed by atoms with Crippen LogP contribution in [0.5, 0.6) is 0 Å². The fraction of sp³-hybridized carbons (Fsp3) is 0.370. The molecule has 190 valence electrons. The van der Waals surface area contributed by atoms with E-state index in [0.717, 1.165) is 34.8 Å². The Hall–Kier alpha value is -3.49. The van der Waals surface area contributed by atoms with Crippen molar-refractivity contribution < 1.29 is 22.4 Å². The Kier molecular flexibility index (Phi) is 7.56. The number of rotatable bonds is 5. The molecule has 36 heavy (non-hydrogen) atoms. The lowest BCUT2D eigenvalue weighted by Crippen LogP contribution is -2.36. The van der Waals surface area contributed by atoms with Gasteiger partial charge in [0.15, 0.2) is 0 Å². The van der Waals surface area contributed by atoms with E-state index in [2.05, 4.69) is 9.88 Å². The first-order valence-corrected chi connectivity index (χ1v) is 12.0. The Morgan fingerprint density at radius 2 is 1.75 bits per heavy atom. The zero-order valence-corrected chi connectivity index (χ0v) is 20.3. The number of nitrogens with zero attached hydrogens (tertiary/aromatic N) is 4. The maximum Gasteiger partial charge on any atom is 0.416 e. The minimum absolute atomic E-state index is 0.231. The average Bonchev–Trinajstić information content (AvgIpc) is 3.10. The molecule has 1 aromatic heterocycles. The smallest absolute Gasteiger partial charge is 0.354 e. The summed E-state index contributed by atoms with van der Waals surface area (Å²) >= 11 is 0. The minimum Gasteiger partial charge on any atom is -0.354 e. The van der Waals surface area contributed by atoms with Crippen LogP contribution >= 0.6 is 0 Å². The van der Waals surface area contributed by atoms with Crippen molar-refractivity contribution in [2.75, 3.05) is 31.1 Å². The monoisotopic (exact) mass is 500 g/mol. The molecular formula is C27H28F4N4O. The van der Waals surface area contributed by atoms with Crippen LogP contribution in [0.2, 0.25) is 0 Å². The van der Waals surface area contributed by atoms with Crippen LogP contribution in [0.25, 0.3) is 0 Å². The molecule has 0 saturated carbocycles. The predicted molar refractivity (Wildman–Crippen MR) is 130 cm³/mol. The molecule has 0 aliphatic carbocycles. The van der Waals surface area contributed by atoms with Gasteiger partial charge in [-0.1, -0.05) is 19.1 Å². The number of carbonyl (C=O) groups is 1. The summed E-state index contributed by atoms with van der Waals surface area (Å²) in [6.07, 6.45) is -2.58. The van der Waals surface area contributed by atoms with Crippen LogP contribution < -0.4 is 4.90 Å². The van der Waals surface area contributed by atoms with E-state index < -0.39 is 11.7 Å². The van der Waals surface area contributed by atoms with E-state index in [1.54, 1.807) is 11.0 Å². The van der Waals surface area contributed by atoms with Crippen molar-refractivity contribution >= 4 is 11.7 Å². The topological polar surface area (TPSA) is 49.3 Å². The fourth-order valence-electron chi connectivity index (χ4n) is 4.54. The Labute approximate surface area is 207 Å². The molecular weight excluding hydrogens is 472 g/mol. The number of benzene rings is 2. The first kappa shape index (κ1) is 25.6. The number of halogens is 4. The highest BCUT2D eigenvalue weighted by Gasteiger charge is 2.31. The Balaban J connectivity index is 1.55. The van der Waals surface area contributed by atoms with Gasteiger partial charge in [-0.15, -0.1) is 0 Å². The second-order valence-electron chi connectivity index (χ2n) is 8.89. The van der Waals surface area contributed by atoms with E-state index in [-0.39, 0.29) is 17.3 Å². The van der Waals surface area contributed by atoms with Crippen molar-refractivity contribution in [1.82, 2.24) is 14.9 Å². The molecule has 0 N–H and O–H groups in total. The van der Waals surface area contributed by atoms with Crippen LogP contribution in [-0.4, -0.2) is 47.0 Å². The molecule has 0 spiro atoms. The number of hydrogen-bond donors (Lipinski definition) is 0. The predicted octanol–water partition coefficient (Wildman–Crippen LogP) is 5.45. The van der Waals surface area contributed by atoms with Crippen molar-refractivity contribution in [1.29, 1.82) is 0 Å². The third-order valence-electron chi connectivity index (χ3n) is 6.33. The molecule has 1 amide bonds. The van der Waals surface area contributed by atoms with Gasteiger partial charge in [-0.2, -0.15) is 13.2 Å². The van der Waals surface area contributed by atoms with Crippen LogP contribution in [0, 0.1) is 12.7 Å². The molecule has 1 saturated heterocycles. The highest BCUT2D eigenvalue weighted by Crippen LogP contribution is 2.30. The molecule has 1 fully saturated rings. The summed E-state index contributed by atoms with van der Waals surface area (Å²) in [5, 5.41) is 0. The SMILES string of the molecule is CCc1nc(C)nc(N2CCCN(C(=O)c3ccc(C(F)(F)F)cc3)CC2)c1Cc1cccc(F)c1. The van der Waals surface area contributed by atoms with E-state index in [1.165, 1.54) is 24.3 Å². The number of alkyl halides is 3. The number of aromatic nitrogens is 2. The minimum atomic E-state index is -4.44. The van der Waals surface area contributed by atoms with Gasteiger partial charge in [-0.05, 0) is 61.7 Å². The Bertz CT molecular complexity index is 1230. The van der Waals surface area contributed by atoms with Crippen molar-refractivity contribution in [3.05, 3.63) is 88.1 Å². The van der Waals surface area contributed by atoms with Crippen molar-refractivity contribution in [3.63, 3.8) is 0 Å². The number of anilines is 1. The van der Waals surface area contributed by atoms with Crippen LogP contribution in [0.15, 0.2) is 48.5 Å². The van der Waals surface area contributed by atoms with Gasteiger partial charge in [0.05, 0.1) is 5.56 Å². The van der Waals surface area contributed by atoms with Gasteiger partial charge in [0.25, 0.3) is 5.91 Å². The van der Waals surface area contributed by atoms with Crippen molar-refractivity contribution in [2.45, 2.75) is 39.3 Å². The highest BCUT2D eigenvalue weighted by molar-refractivity contribution is 5.94. The zero-order valence-electron chi connectivity index (χ0n) is 20.3. The zero-order chi connectivity index (χ0) is 25.9. The Morgan fingerprint density at radius 1 is 1.00 bits per heavy atom. The molecule has 1 aliphatic heterocycles. The summed E-state index contributed by atoms with van der Waals surface area (Å²) in [7, 11) is 0. The fourth-order valence-corrected chi connectivity index (χ4v) is 4.54. The Morgan fingerprint density at radius 3 is 2.42 bits per heavy atom. The number of hydrogen-bond acceptors (Lipinski definition) is 4. The lowest BCUT2D eigenvalue weighted by molar-refractivity contribution is -0.137. The van der Waals surface area contributed by atoms with Gasteiger partial charge >= 0.3 is 6.18 Å². The summed E-state index contributed by atoms with van der Waals surface area (Å²) in [5.41, 5.74) is 2.12. The van der Waals surface area contributed by atoms with E-state index in [9.17, 15) is 22.4 Å². The molecule has 3 aromatic rings. The lowest BCUT2D eigenvalue weighted by atomic mass is 10.0. The molecule has 1 aliphatic rings. The summed E-state index contributed by atoms with van der Waals surface area (Å²) in [6.45, 7) is 5.93. The standard InChI is InChI=1S/C27H28F4N4O/c1-3-24-23(17-19-6-4-7-22(28)16-19)25(33-18(2)32-24)34-12-5-13-35(15-14-34)26(36)20-8-10-21(11-9-20)27(29,30)31/h4,6-11,16H,3,5,12-15,17H2,1-2H3. The largest absolute Gasteiger partial charge is 0.416 e. The third kappa shape index (κ3) is 5.83. The van der Waals surface area contributed by atoms with Gasteiger partial charge in [0.2, 0.25) is 0 Å². The molecule has 2 heterocycles. The van der Waals surface area contributed by atoms with Gasteiger partial charge in [-0.3, -0.25) is 4.79 Å². The second kappa shape index (κ2) is 10.6. The summed E-state index contributed by atoms with van der Waals surface area (Å²) in [6, 6.07) is 10.8. The van der Waals surface area contributed by atoms with Crippen LogP contribution in [0.3, 0.4) is 0 Å². The van der Waals surface area contributed by atoms with Gasteiger partial charge < -0.3 is 9.80 Å². The number of carbonyl (C=O) groups excluding carboxylic acids is 1. The highest BCUT2D eigenvalue weighted by atomic mass is 19.4. The van der Waals surface area contributed by atoms with E-state index in [0.29, 0.717) is 51.3 Å². The van der Waals surface area contributed by atoms with Crippen LogP contribution in [-0.2, 0) is 19.0 Å². The van der Waals surface area contributed by atoms with E-state index >= 15 is 0 Å². The number of aryl methyl sites for hydroxylation is 2. The van der Waals surface area contributed by atoms with Crippen molar-refractivity contribution in [3.8, 4) is 0 Å². The summed E-state index contributed by atoms with van der Waals surface area (Å²) in [5.74, 6) is 0.838. The maximum atomic E-state index is 13.8. The molecule has 0 bridgehead atoms. The average molecular weight is 501 g/mol.